The molecule has 3 N–H and O–H groups in total. The molecule has 0 aromatic heterocycles. The molecule has 0 amide bonds. The molecule has 0 aliphatic carbocycles. The van der Waals surface area contributed by atoms with E-state index in [1.54, 1.807) is 0 Å². The van der Waals surface area contributed by atoms with Crippen LogP contribution in [-0.2, 0) is 6.42 Å². The van der Waals surface area contributed by atoms with Gasteiger partial charge in [0.25, 0.3) is 0 Å². The van der Waals surface area contributed by atoms with Crippen molar-refractivity contribution in [3.8, 4) is 0 Å². The van der Waals surface area contributed by atoms with E-state index in [1.807, 2.05) is 0 Å². The first-order chi connectivity index (χ1) is 7.40. The molecule has 3 heteroatoms. The average Bonchev–Trinajstić information content (AvgIpc) is 2.29. The van der Waals surface area contributed by atoms with Crippen LogP contribution in [0.5, 0.6) is 0 Å². The van der Waals surface area contributed by atoms with Crippen LogP contribution in [0.2, 0.25) is 0 Å². The summed E-state index contributed by atoms with van der Waals surface area (Å²) >= 11 is 0. The van der Waals surface area contributed by atoms with Gasteiger partial charge < -0.3 is 10.8 Å². The molecule has 0 heterocycles. The van der Waals surface area contributed by atoms with E-state index in [2.05, 4.69) is 34.6 Å². The van der Waals surface area contributed by atoms with Crippen LogP contribution >= 0.6 is 12.4 Å². The highest BCUT2D eigenvalue weighted by Gasteiger charge is 2.14. The van der Waals surface area contributed by atoms with E-state index in [0.29, 0.717) is 0 Å². The summed E-state index contributed by atoms with van der Waals surface area (Å²) in [7, 11) is 0. The number of benzene rings is 1. The van der Waals surface area contributed by atoms with Gasteiger partial charge in [0, 0.05) is 6.04 Å². The highest BCUT2D eigenvalue weighted by Crippen LogP contribution is 2.26. The second-order valence-electron chi connectivity index (χ2n) is 4.75. The zero-order valence-corrected chi connectivity index (χ0v) is 12.2. The Morgan fingerprint density at radius 1 is 0.882 bits per heavy atom. The molecule has 98 valence electrons. The summed E-state index contributed by atoms with van der Waals surface area (Å²) in [6, 6.07) is -0.154. The second kappa shape index (κ2) is 6.39. The van der Waals surface area contributed by atoms with E-state index in [1.165, 1.54) is 33.4 Å². The molecule has 0 bridgehead atoms. The minimum Gasteiger partial charge on any atom is -0.395 e. The lowest BCUT2D eigenvalue weighted by Crippen LogP contribution is -2.28. The van der Waals surface area contributed by atoms with Gasteiger partial charge in [-0.1, -0.05) is 0 Å². The van der Waals surface area contributed by atoms with Crippen LogP contribution in [-0.4, -0.2) is 17.8 Å². The summed E-state index contributed by atoms with van der Waals surface area (Å²) in [5.74, 6) is 0. The Morgan fingerprint density at radius 3 is 1.59 bits per heavy atom. The van der Waals surface area contributed by atoms with Crippen LogP contribution in [0.1, 0.15) is 33.4 Å². The predicted octanol–water partition coefficient (Wildman–Crippen LogP) is 2.51. The first kappa shape index (κ1) is 16.4. The van der Waals surface area contributed by atoms with E-state index >= 15 is 0 Å². The van der Waals surface area contributed by atoms with Gasteiger partial charge in [0.1, 0.15) is 0 Å². The number of nitrogens with two attached hydrogens (primary N) is 1. The van der Waals surface area contributed by atoms with E-state index in [9.17, 15) is 0 Å². The zero-order valence-electron chi connectivity index (χ0n) is 11.4. The molecular weight excluding hydrogens is 234 g/mol. The second-order valence-corrected chi connectivity index (χ2v) is 4.75. The molecule has 0 saturated heterocycles. The molecule has 0 aliphatic rings. The molecule has 1 aromatic rings. The monoisotopic (exact) mass is 257 g/mol. The minimum absolute atomic E-state index is 0. The first-order valence-corrected chi connectivity index (χ1v) is 5.82. The summed E-state index contributed by atoms with van der Waals surface area (Å²) in [5.41, 5.74) is 13.9. The third-order valence-electron chi connectivity index (χ3n) is 3.86. The Labute approximate surface area is 111 Å². The van der Waals surface area contributed by atoms with Crippen molar-refractivity contribution in [3.63, 3.8) is 0 Å². The summed E-state index contributed by atoms with van der Waals surface area (Å²) < 4.78 is 0. The van der Waals surface area contributed by atoms with Crippen LogP contribution in [0.3, 0.4) is 0 Å². The maximum absolute atomic E-state index is 9.05. The lowest BCUT2D eigenvalue weighted by molar-refractivity contribution is 0.265. The van der Waals surface area contributed by atoms with Gasteiger partial charge >= 0.3 is 0 Å². The molecule has 0 spiro atoms. The smallest absolute Gasteiger partial charge is 0.0585 e. The Bertz CT molecular complexity index is 373. The number of aliphatic hydroxyl groups is 1. The van der Waals surface area contributed by atoms with Crippen molar-refractivity contribution in [3.05, 3.63) is 33.4 Å². The van der Waals surface area contributed by atoms with Crippen LogP contribution < -0.4 is 5.73 Å². The van der Waals surface area contributed by atoms with Crippen molar-refractivity contribution < 1.29 is 5.11 Å². The predicted molar refractivity (Wildman–Crippen MR) is 76.1 cm³/mol. The van der Waals surface area contributed by atoms with Crippen molar-refractivity contribution in [2.24, 2.45) is 5.73 Å². The van der Waals surface area contributed by atoms with Crippen molar-refractivity contribution in [2.75, 3.05) is 6.61 Å². The maximum Gasteiger partial charge on any atom is 0.0585 e. The molecule has 1 atom stereocenters. The fraction of sp³-hybridized carbons (Fsp3) is 0.571. The Balaban J connectivity index is 0.00000256. The summed E-state index contributed by atoms with van der Waals surface area (Å²) in [6.07, 6.45) is 0.760. The fourth-order valence-corrected chi connectivity index (χ4v) is 2.21. The third kappa shape index (κ3) is 3.21. The van der Waals surface area contributed by atoms with E-state index in [-0.39, 0.29) is 25.1 Å². The summed E-state index contributed by atoms with van der Waals surface area (Å²) in [5, 5.41) is 9.05. The van der Waals surface area contributed by atoms with Gasteiger partial charge in [0.2, 0.25) is 0 Å². The van der Waals surface area contributed by atoms with Crippen molar-refractivity contribution >= 4 is 12.4 Å². The van der Waals surface area contributed by atoms with Gasteiger partial charge in [0.05, 0.1) is 6.61 Å². The molecule has 0 aliphatic heterocycles. The molecule has 1 rings (SSSR count). The van der Waals surface area contributed by atoms with Gasteiger partial charge in [0.15, 0.2) is 0 Å². The van der Waals surface area contributed by atoms with Crippen LogP contribution in [0.4, 0.5) is 0 Å². The number of aliphatic hydroxyl groups excluding tert-OH is 1. The molecule has 0 radical (unpaired) electrons. The molecular formula is C14H24ClNO. The summed E-state index contributed by atoms with van der Waals surface area (Å²) in [6.45, 7) is 10.8. The molecule has 1 aromatic carbocycles. The van der Waals surface area contributed by atoms with Gasteiger partial charge in [-0.3, -0.25) is 0 Å². The SMILES string of the molecule is Cc1c(C)c(C)c(CC(N)CO)c(C)c1C.Cl. The van der Waals surface area contributed by atoms with E-state index in [4.69, 9.17) is 10.8 Å². The highest BCUT2D eigenvalue weighted by molar-refractivity contribution is 5.85. The Morgan fingerprint density at radius 2 is 1.24 bits per heavy atom. The molecule has 0 fully saturated rings. The molecule has 0 saturated carbocycles. The average molecular weight is 258 g/mol. The Kier molecular flexibility index (Phi) is 6.17. The zero-order chi connectivity index (χ0) is 12.5. The fourth-order valence-electron chi connectivity index (χ4n) is 2.21. The quantitative estimate of drug-likeness (QED) is 0.874. The third-order valence-corrected chi connectivity index (χ3v) is 3.86. The van der Waals surface area contributed by atoms with Gasteiger partial charge in [-0.15, -0.1) is 12.4 Å². The summed E-state index contributed by atoms with van der Waals surface area (Å²) in [4.78, 5) is 0. The number of hydrogen-bond acceptors (Lipinski definition) is 2. The van der Waals surface area contributed by atoms with Crippen LogP contribution in [0.25, 0.3) is 0 Å². The first-order valence-electron chi connectivity index (χ1n) is 5.82. The maximum atomic E-state index is 9.05. The van der Waals surface area contributed by atoms with Crippen LogP contribution in [0, 0.1) is 34.6 Å². The highest BCUT2D eigenvalue weighted by atomic mass is 35.5. The minimum atomic E-state index is -0.154. The lowest BCUT2D eigenvalue weighted by atomic mass is 9.87. The van der Waals surface area contributed by atoms with Gasteiger partial charge in [-0.2, -0.15) is 0 Å². The Hall–Kier alpha value is -0.570. The van der Waals surface area contributed by atoms with Crippen molar-refractivity contribution in [1.82, 2.24) is 0 Å². The van der Waals surface area contributed by atoms with E-state index in [0.717, 1.165) is 6.42 Å². The number of hydrogen-bond donors (Lipinski definition) is 2. The standard InChI is InChI=1S/C14H23NO.ClH/c1-8-9(2)11(4)14(6-13(15)7-16)12(5)10(8)3;/h13,16H,6-7,15H2,1-5H3;1H. The number of halogens is 1. The number of rotatable bonds is 3. The molecule has 2 nitrogen and oxygen atoms in total. The topological polar surface area (TPSA) is 46.2 Å². The normalized spacial score (nSPS) is 12.2. The van der Waals surface area contributed by atoms with Gasteiger partial charge in [-0.25, -0.2) is 0 Å². The van der Waals surface area contributed by atoms with Crippen molar-refractivity contribution in [2.45, 2.75) is 47.1 Å². The van der Waals surface area contributed by atoms with Crippen LogP contribution in [0.15, 0.2) is 0 Å². The van der Waals surface area contributed by atoms with E-state index < -0.39 is 0 Å². The molecule has 17 heavy (non-hydrogen) atoms. The lowest BCUT2D eigenvalue weighted by Gasteiger charge is -2.20. The van der Waals surface area contributed by atoms with Crippen molar-refractivity contribution in [1.29, 1.82) is 0 Å². The molecule has 1 unspecified atom stereocenters. The largest absolute Gasteiger partial charge is 0.395 e. The van der Waals surface area contributed by atoms with Gasteiger partial charge in [-0.05, 0) is 74.4 Å².